The van der Waals surface area contributed by atoms with Gasteiger partial charge in [-0.1, -0.05) is 25.4 Å². The fourth-order valence-electron chi connectivity index (χ4n) is 2.29. The molecule has 0 saturated heterocycles. The highest BCUT2D eigenvalue weighted by Crippen LogP contribution is 2.32. The van der Waals surface area contributed by atoms with Crippen molar-refractivity contribution in [1.29, 1.82) is 0 Å². The van der Waals surface area contributed by atoms with E-state index in [9.17, 15) is 14.9 Å². The quantitative estimate of drug-likeness (QED) is 0.474. The number of ether oxygens (including phenoxy) is 2. The Morgan fingerprint density at radius 3 is 2.37 bits per heavy atom. The predicted octanol–water partition coefficient (Wildman–Crippen LogP) is 5.08. The number of nitrogens with one attached hydrogen (secondary N) is 1. The lowest BCUT2D eigenvalue weighted by Gasteiger charge is -2.14. The average molecular weight is 393 g/mol. The molecular formula is C19H21ClN2O5. The van der Waals surface area contributed by atoms with Gasteiger partial charge in [-0.3, -0.25) is 14.9 Å². The van der Waals surface area contributed by atoms with Crippen LogP contribution in [0.5, 0.6) is 11.5 Å². The van der Waals surface area contributed by atoms with E-state index in [1.807, 2.05) is 13.8 Å². The van der Waals surface area contributed by atoms with Gasteiger partial charge >= 0.3 is 0 Å². The zero-order valence-corrected chi connectivity index (χ0v) is 15.9. The summed E-state index contributed by atoms with van der Waals surface area (Å²) in [5.74, 6) is 0.483. The molecule has 0 radical (unpaired) electrons. The van der Waals surface area contributed by atoms with E-state index in [-0.39, 0.29) is 16.3 Å². The summed E-state index contributed by atoms with van der Waals surface area (Å²) in [6, 6.07) is 8.90. The highest BCUT2D eigenvalue weighted by molar-refractivity contribution is 6.31. The summed E-state index contributed by atoms with van der Waals surface area (Å²) in [4.78, 5) is 23.0. The van der Waals surface area contributed by atoms with Crippen molar-refractivity contribution in [3.05, 3.63) is 57.1 Å². The van der Waals surface area contributed by atoms with Gasteiger partial charge in [-0.25, -0.2) is 0 Å². The molecule has 1 amide bonds. The average Bonchev–Trinajstić information content (AvgIpc) is 2.65. The van der Waals surface area contributed by atoms with E-state index in [1.54, 1.807) is 18.2 Å². The number of carbonyl (C=O) groups is 1. The molecule has 0 spiro atoms. The van der Waals surface area contributed by atoms with Crippen LogP contribution in [-0.4, -0.2) is 24.0 Å². The van der Waals surface area contributed by atoms with Gasteiger partial charge in [-0.05, 0) is 37.1 Å². The molecule has 8 heteroatoms. The normalized spacial score (nSPS) is 10.3. The molecule has 0 aromatic heterocycles. The van der Waals surface area contributed by atoms with Gasteiger partial charge in [0.05, 0.1) is 18.1 Å². The number of benzene rings is 2. The van der Waals surface area contributed by atoms with Crippen LogP contribution in [0.3, 0.4) is 0 Å². The Balaban J connectivity index is 2.26. The lowest BCUT2D eigenvalue weighted by molar-refractivity contribution is -0.385. The second-order valence-corrected chi connectivity index (χ2v) is 6.17. The third-order valence-corrected chi connectivity index (χ3v) is 3.76. The number of halogens is 1. The maximum atomic E-state index is 12.5. The molecule has 0 aliphatic carbocycles. The molecule has 0 saturated carbocycles. The molecule has 27 heavy (non-hydrogen) atoms. The van der Waals surface area contributed by atoms with Crippen LogP contribution in [0.25, 0.3) is 0 Å². The van der Waals surface area contributed by atoms with Crippen LogP contribution >= 0.6 is 11.6 Å². The molecule has 0 unspecified atom stereocenters. The zero-order valence-electron chi connectivity index (χ0n) is 15.2. The lowest BCUT2D eigenvalue weighted by Crippen LogP contribution is -2.14. The van der Waals surface area contributed by atoms with Crippen LogP contribution in [0.15, 0.2) is 36.4 Å². The first-order valence-electron chi connectivity index (χ1n) is 8.61. The van der Waals surface area contributed by atoms with Gasteiger partial charge in [-0.2, -0.15) is 0 Å². The summed E-state index contributed by atoms with van der Waals surface area (Å²) < 4.78 is 11.3. The van der Waals surface area contributed by atoms with Crippen molar-refractivity contribution in [2.75, 3.05) is 18.5 Å². The smallest absolute Gasteiger partial charge is 0.283 e. The molecule has 0 aliphatic rings. The molecule has 7 nitrogen and oxygen atoms in total. The van der Waals surface area contributed by atoms with Gasteiger partial charge < -0.3 is 14.8 Å². The third-order valence-electron chi connectivity index (χ3n) is 3.53. The lowest BCUT2D eigenvalue weighted by atomic mass is 10.1. The van der Waals surface area contributed by atoms with Gasteiger partial charge in [-0.15, -0.1) is 0 Å². The molecule has 0 heterocycles. The fraction of sp³-hybridized carbons (Fsp3) is 0.316. The number of nitrogens with zero attached hydrogens (tertiary/aromatic N) is 1. The van der Waals surface area contributed by atoms with Crippen molar-refractivity contribution in [2.45, 2.75) is 26.7 Å². The Kier molecular flexibility index (Phi) is 7.43. The number of hydrogen-bond donors (Lipinski definition) is 1. The van der Waals surface area contributed by atoms with Crippen molar-refractivity contribution in [1.82, 2.24) is 0 Å². The Morgan fingerprint density at radius 2 is 1.74 bits per heavy atom. The minimum Gasteiger partial charge on any atom is -0.490 e. The van der Waals surface area contributed by atoms with Gasteiger partial charge in [0.25, 0.3) is 11.6 Å². The topological polar surface area (TPSA) is 90.7 Å². The van der Waals surface area contributed by atoms with Crippen LogP contribution in [0.4, 0.5) is 11.4 Å². The van der Waals surface area contributed by atoms with E-state index in [0.29, 0.717) is 30.4 Å². The zero-order chi connectivity index (χ0) is 19.8. The molecule has 2 rings (SSSR count). The minimum atomic E-state index is -0.641. The molecule has 2 aromatic carbocycles. The number of rotatable bonds is 9. The second-order valence-electron chi connectivity index (χ2n) is 5.73. The molecule has 0 fully saturated rings. The van der Waals surface area contributed by atoms with Crippen LogP contribution < -0.4 is 14.8 Å². The third kappa shape index (κ3) is 5.59. The highest BCUT2D eigenvalue weighted by Gasteiger charge is 2.21. The number of anilines is 1. The van der Waals surface area contributed by atoms with Crippen molar-refractivity contribution in [3.63, 3.8) is 0 Å². The summed E-state index contributed by atoms with van der Waals surface area (Å²) in [7, 11) is 0. The first-order valence-corrected chi connectivity index (χ1v) is 8.99. The van der Waals surface area contributed by atoms with Crippen LogP contribution in [0, 0.1) is 10.1 Å². The SMILES string of the molecule is CCCOc1ccc(NC(=O)c2ccc(Cl)cc2[N+](=O)[O-])cc1OCCC. The minimum absolute atomic E-state index is 0.0771. The Hall–Kier alpha value is -2.80. The molecule has 0 atom stereocenters. The summed E-state index contributed by atoms with van der Waals surface area (Å²) in [5, 5.41) is 14.0. The maximum absolute atomic E-state index is 12.5. The number of carbonyl (C=O) groups excluding carboxylic acids is 1. The first kappa shape index (κ1) is 20.5. The monoisotopic (exact) mass is 392 g/mol. The molecule has 144 valence electrons. The Morgan fingerprint density at radius 1 is 1.07 bits per heavy atom. The number of hydrogen-bond acceptors (Lipinski definition) is 5. The number of amides is 1. The van der Waals surface area contributed by atoms with Gasteiger partial charge in [0, 0.05) is 22.8 Å². The van der Waals surface area contributed by atoms with E-state index >= 15 is 0 Å². The van der Waals surface area contributed by atoms with Crippen molar-refractivity contribution in [2.24, 2.45) is 0 Å². The molecule has 0 bridgehead atoms. The number of nitro benzene ring substituents is 1. The van der Waals surface area contributed by atoms with Crippen molar-refractivity contribution >= 4 is 28.9 Å². The van der Waals surface area contributed by atoms with Gasteiger partial charge in [0.2, 0.25) is 0 Å². The standard InChI is InChI=1S/C19H21ClN2O5/c1-3-9-26-17-8-6-14(12-18(17)27-10-4-2)21-19(23)15-7-5-13(20)11-16(15)22(24)25/h5-8,11-12H,3-4,9-10H2,1-2H3,(H,21,23). The molecule has 0 aliphatic heterocycles. The van der Waals surface area contributed by atoms with Crippen LogP contribution in [-0.2, 0) is 0 Å². The molecule has 2 aromatic rings. The summed E-state index contributed by atoms with van der Waals surface area (Å²) in [5.41, 5.74) is 0.0105. The van der Waals surface area contributed by atoms with E-state index in [4.69, 9.17) is 21.1 Å². The van der Waals surface area contributed by atoms with Crippen molar-refractivity contribution < 1.29 is 19.2 Å². The van der Waals surface area contributed by atoms with Crippen LogP contribution in [0.2, 0.25) is 5.02 Å². The predicted molar refractivity (Wildman–Crippen MR) is 104 cm³/mol. The first-order chi connectivity index (χ1) is 13.0. The Bertz CT molecular complexity index is 826. The van der Waals surface area contributed by atoms with E-state index in [1.165, 1.54) is 12.1 Å². The van der Waals surface area contributed by atoms with Crippen LogP contribution in [0.1, 0.15) is 37.0 Å². The second kappa shape index (κ2) is 9.78. The highest BCUT2D eigenvalue weighted by atomic mass is 35.5. The summed E-state index contributed by atoms with van der Waals surface area (Å²) >= 11 is 5.79. The summed E-state index contributed by atoms with van der Waals surface area (Å²) in [6.45, 7) is 5.03. The van der Waals surface area contributed by atoms with Gasteiger partial charge in [0.15, 0.2) is 11.5 Å². The molecule has 1 N–H and O–H groups in total. The largest absolute Gasteiger partial charge is 0.490 e. The van der Waals surface area contributed by atoms with E-state index < -0.39 is 10.8 Å². The van der Waals surface area contributed by atoms with Crippen molar-refractivity contribution in [3.8, 4) is 11.5 Å². The Labute approximate surface area is 162 Å². The molecular weight excluding hydrogens is 372 g/mol. The fourth-order valence-corrected chi connectivity index (χ4v) is 2.45. The van der Waals surface area contributed by atoms with E-state index in [2.05, 4.69) is 5.32 Å². The van der Waals surface area contributed by atoms with Gasteiger partial charge in [0.1, 0.15) is 5.56 Å². The number of nitro groups is 1. The van der Waals surface area contributed by atoms with E-state index in [0.717, 1.165) is 18.9 Å². The summed E-state index contributed by atoms with van der Waals surface area (Å²) in [6.07, 6.45) is 1.67. The maximum Gasteiger partial charge on any atom is 0.283 e.